The van der Waals surface area contributed by atoms with Crippen LogP contribution in [-0.4, -0.2) is 15.9 Å². The molecule has 2 N–H and O–H groups in total. The third kappa shape index (κ3) is 2.55. The number of carbonyl (C=O) groups excluding carboxylic acids is 1. The van der Waals surface area contributed by atoms with Crippen molar-refractivity contribution in [2.24, 2.45) is 0 Å². The van der Waals surface area contributed by atoms with Crippen LogP contribution in [0.3, 0.4) is 0 Å². The number of carbonyl (C=O) groups is 1. The summed E-state index contributed by atoms with van der Waals surface area (Å²) in [5, 5.41) is 4.11. The van der Waals surface area contributed by atoms with E-state index in [1.165, 1.54) is 6.20 Å². The molecule has 0 aliphatic carbocycles. The van der Waals surface area contributed by atoms with Crippen molar-refractivity contribution in [1.29, 1.82) is 0 Å². The quantitative estimate of drug-likeness (QED) is 0.679. The summed E-state index contributed by atoms with van der Waals surface area (Å²) >= 11 is 9.08. The zero-order valence-corrected chi connectivity index (χ0v) is 12.5. The van der Waals surface area contributed by atoms with Crippen LogP contribution in [0, 0.1) is 0 Å². The second-order valence-corrected chi connectivity index (χ2v) is 5.43. The number of aromatic nitrogens is 2. The van der Waals surface area contributed by atoms with Crippen LogP contribution in [0.2, 0.25) is 5.15 Å². The van der Waals surface area contributed by atoms with Gasteiger partial charge < -0.3 is 10.3 Å². The van der Waals surface area contributed by atoms with Crippen LogP contribution in [0.1, 0.15) is 10.5 Å². The maximum Gasteiger partial charge on any atom is 0.272 e. The molecule has 100 valence electrons. The lowest BCUT2D eigenvalue weighted by atomic mass is 10.2. The molecule has 1 amide bonds. The Hall–Kier alpha value is -1.85. The normalized spacial score (nSPS) is 10.7. The second-order valence-electron chi connectivity index (χ2n) is 4.22. The van der Waals surface area contributed by atoms with Gasteiger partial charge in [-0.2, -0.15) is 0 Å². The first kappa shape index (κ1) is 13.1. The Labute approximate surface area is 128 Å². The minimum Gasteiger partial charge on any atom is -0.351 e. The van der Waals surface area contributed by atoms with E-state index in [4.69, 9.17) is 11.6 Å². The molecule has 0 saturated carbocycles. The summed E-state index contributed by atoms with van der Waals surface area (Å²) in [4.78, 5) is 19.2. The van der Waals surface area contributed by atoms with Crippen molar-refractivity contribution in [1.82, 2.24) is 9.97 Å². The molecule has 0 saturated heterocycles. The molecule has 1 aromatic carbocycles. The Balaban J connectivity index is 1.86. The molecular weight excluding hydrogens is 342 g/mol. The molecule has 0 atom stereocenters. The number of benzene rings is 1. The number of rotatable bonds is 2. The summed E-state index contributed by atoms with van der Waals surface area (Å²) < 4.78 is 0.633. The fourth-order valence-corrected chi connectivity index (χ4v) is 2.34. The molecular formula is C14H9BrClN3O. The van der Waals surface area contributed by atoms with Crippen molar-refractivity contribution in [3.05, 3.63) is 57.9 Å². The predicted octanol–water partition coefficient (Wildman–Crippen LogP) is 4.23. The number of para-hydroxylation sites is 1. The van der Waals surface area contributed by atoms with Gasteiger partial charge >= 0.3 is 0 Å². The van der Waals surface area contributed by atoms with Crippen molar-refractivity contribution in [3.63, 3.8) is 0 Å². The van der Waals surface area contributed by atoms with E-state index in [1.807, 2.05) is 30.3 Å². The highest BCUT2D eigenvalue weighted by molar-refractivity contribution is 9.10. The Bertz CT molecular complexity index is 767. The molecule has 0 aliphatic heterocycles. The lowest BCUT2D eigenvalue weighted by Gasteiger charge is -2.04. The van der Waals surface area contributed by atoms with Crippen molar-refractivity contribution >= 4 is 50.0 Å². The van der Waals surface area contributed by atoms with Gasteiger partial charge in [-0.3, -0.25) is 4.79 Å². The molecule has 2 aromatic heterocycles. The standard InChI is InChI=1S/C14H9BrClN3O/c15-10-6-9(7-17-13(10)16)18-14(20)12-5-8-3-1-2-4-11(8)19-12/h1-7,19H,(H,18,20). The lowest BCUT2D eigenvalue weighted by Crippen LogP contribution is -2.12. The fraction of sp³-hybridized carbons (Fsp3) is 0. The summed E-state index contributed by atoms with van der Waals surface area (Å²) in [6.45, 7) is 0. The van der Waals surface area contributed by atoms with Gasteiger partial charge in [-0.05, 0) is 34.1 Å². The van der Waals surface area contributed by atoms with Gasteiger partial charge in [0, 0.05) is 10.9 Å². The monoisotopic (exact) mass is 349 g/mol. The summed E-state index contributed by atoms with van der Waals surface area (Å²) in [7, 11) is 0. The predicted molar refractivity (Wildman–Crippen MR) is 83.2 cm³/mol. The first-order valence-electron chi connectivity index (χ1n) is 5.83. The number of aromatic amines is 1. The molecule has 6 heteroatoms. The van der Waals surface area contributed by atoms with Crippen molar-refractivity contribution in [3.8, 4) is 0 Å². The van der Waals surface area contributed by atoms with E-state index < -0.39 is 0 Å². The third-order valence-corrected chi connectivity index (χ3v) is 3.96. The van der Waals surface area contributed by atoms with Gasteiger partial charge in [-0.15, -0.1) is 0 Å². The number of halogens is 2. The number of nitrogens with zero attached hydrogens (tertiary/aromatic N) is 1. The van der Waals surface area contributed by atoms with Crippen LogP contribution in [0.15, 0.2) is 47.1 Å². The van der Waals surface area contributed by atoms with E-state index in [2.05, 4.69) is 31.2 Å². The number of H-pyrrole nitrogens is 1. The highest BCUT2D eigenvalue weighted by atomic mass is 79.9. The Morgan fingerprint density at radius 2 is 2.10 bits per heavy atom. The second kappa shape index (κ2) is 5.26. The fourth-order valence-electron chi connectivity index (χ4n) is 1.88. The van der Waals surface area contributed by atoms with Gasteiger partial charge in [0.2, 0.25) is 0 Å². The largest absolute Gasteiger partial charge is 0.351 e. The number of fused-ring (bicyclic) bond motifs is 1. The van der Waals surface area contributed by atoms with Crippen molar-refractivity contribution in [2.45, 2.75) is 0 Å². The van der Waals surface area contributed by atoms with E-state index in [1.54, 1.807) is 6.07 Å². The van der Waals surface area contributed by atoms with Gasteiger partial charge in [0.1, 0.15) is 10.8 Å². The number of amides is 1. The van der Waals surface area contributed by atoms with Crippen LogP contribution in [0.25, 0.3) is 10.9 Å². The summed E-state index contributed by atoms with van der Waals surface area (Å²) in [5.74, 6) is -0.225. The van der Waals surface area contributed by atoms with E-state index in [0.717, 1.165) is 10.9 Å². The van der Waals surface area contributed by atoms with Gasteiger partial charge in [0.25, 0.3) is 5.91 Å². The molecule has 4 nitrogen and oxygen atoms in total. The molecule has 0 fully saturated rings. The highest BCUT2D eigenvalue weighted by Gasteiger charge is 2.10. The maximum absolute atomic E-state index is 12.2. The SMILES string of the molecule is O=C(Nc1cnc(Cl)c(Br)c1)c1cc2ccccc2[nH]1. The Morgan fingerprint density at radius 1 is 1.30 bits per heavy atom. The van der Waals surface area contributed by atoms with E-state index >= 15 is 0 Å². The first-order chi connectivity index (χ1) is 9.63. The molecule has 0 spiro atoms. The van der Waals surface area contributed by atoms with Crippen LogP contribution in [-0.2, 0) is 0 Å². The summed E-state index contributed by atoms with van der Waals surface area (Å²) in [6, 6.07) is 11.2. The van der Waals surface area contributed by atoms with Gasteiger partial charge in [-0.1, -0.05) is 29.8 Å². The number of nitrogens with one attached hydrogen (secondary N) is 2. The molecule has 20 heavy (non-hydrogen) atoms. The van der Waals surface area contributed by atoms with Gasteiger partial charge in [0.15, 0.2) is 0 Å². The minimum absolute atomic E-state index is 0.225. The number of pyridine rings is 1. The van der Waals surface area contributed by atoms with Crippen LogP contribution in [0.5, 0.6) is 0 Å². The van der Waals surface area contributed by atoms with Crippen molar-refractivity contribution < 1.29 is 4.79 Å². The molecule has 0 aliphatic rings. The average Bonchev–Trinajstić information content (AvgIpc) is 2.87. The van der Waals surface area contributed by atoms with Crippen LogP contribution in [0.4, 0.5) is 5.69 Å². The number of hydrogen-bond acceptors (Lipinski definition) is 2. The summed E-state index contributed by atoms with van der Waals surface area (Å²) in [5.41, 5.74) is 2.00. The number of hydrogen-bond donors (Lipinski definition) is 2. The average molecular weight is 351 g/mol. The zero-order valence-electron chi connectivity index (χ0n) is 10.2. The zero-order chi connectivity index (χ0) is 14.1. The maximum atomic E-state index is 12.2. The molecule has 0 bridgehead atoms. The minimum atomic E-state index is -0.225. The Morgan fingerprint density at radius 3 is 2.85 bits per heavy atom. The number of anilines is 1. The third-order valence-electron chi connectivity index (χ3n) is 2.83. The Kier molecular flexibility index (Phi) is 3.46. The molecule has 3 rings (SSSR count). The lowest BCUT2D eigenvalue weighted by molar-refractivity contribution is 0.102. The van der Waals surface area contributed by atoms with E-state index in [-0.39, 0.29) is 5.91 Å². The molecule has 0 unspecified atom stereocenters. The molecule has 2 heterocycles. The van der Waals surface area contributed by atoms with Gasteiger partial charge in [-0.25, -0.2) is 4.98 Å². The molecule has 3 aromatic rings. The first-order valence-corrected chi connectivity index (χ1v) is 7.01. The van der Waals surface area contributed by atoms with Gasteiger partial charge in [0.05, 0.1) is 16.4 Å². The highest BCUT2D eigenvalue weighted by Crippen LogP contribution is 2.23. The van der Waals surface area contributed by atoms with Crippen LogP contribution >= 0.6 is 27.5 Å². The molecule has 0 radical (unpaired) electrons. The smallest absolute Gasteiger partial charge is 0.272 e. The van der Waals surface area contributed by atoms with E-state index in [0.29, 0.717) is 21.0 Å². The van der Waals surface area contributed by atoms with Crippen LogP contribution < -0.4 is 5.32 Å². The van der Waals surface area contributed by atoms with E-state index in [9.17, 15) is 4.79 Å². The summed E-state index contributed by atoms with van der Waals surface area (Å²) in [6.07, 6.45) is 1.51. The van der Waals surface area contributed by atoms with Crippen molar-refractivity contribution in [2.75, 3.05) is 5.32 Å². The topological polar surface area (TPSA) is 57.8 Å².